The monoisotopic (exact) mass is 271 g/mol. The van der Waals surface area contributed by atoms with E-state index in [1.807, 2.05) is 35.9 Å². The molecule has 96 valence electrons. The molecule has 2 aromatic heterocycles. The van der Waals surface area contributed by atoms with Crippen molar-refractivity contribution in [3.8, 4) is 5.75 Å². The topological polar surface area (TPSA) is 42.1 Å². The van der Waals surface area contributed by atoms with Gasteiger partial charge in [0, 0.05) is 22.7 Å². The summed E-state index contributed by atoms with van der Waals surface area (Å²) in [6, 6.07) is 5.71. The van der Waals surface area contributed by atoms with Gasteiger partial charge in [0.2, 0.25) is 0 Å². The van der Waals surface area contributed by atoms with Crippen molar-refractivity contribution in [3.05, 3.63) is 51.8 Å². The summed E-state index contributed by atoms with van der Waals surface area (Å²) in [7, 11) is 1.62. The lowest BCUT2D eigenvalue weighted by Crippen LogP contribution is -2.01. The average molecular weight is 271 g/mol. The summed E-state index contributed by atoms with van der Waals surface area (Å²) in [5, 5.41) is 4.73. The molecule has 0 spiro atoms. The number of H-pyrrole nitrogens is 1. The summed E-state index contributed by atoms with van der Waals surface area (Å²) >= 11 is 1.54. The van der Waals surface area contributed by atoms with Crippen LogP contribution < -0.4 is 4.74 Å². The number of ketones is 1. The van der Waals surface area contributed by atoms with Crippen LogP contribution in [0.4, 0.5) is 0 Å². The Balaban J connectivity index is 2.21. The van der Waals surface area contributed by atoms with Crippen LogP contribution in [0.15, 0.2) is 35.2 Å². The number of benzene rings is 1. The first-order valence-corrected chi connectivity index (χ1v) is 6.88. The summed E-state index contributed by atoms with van der Waals surface area (Å²) < 4.78 is 5.35. The van der Waals surface area contributed by atoms with E-state index in [1.54, 1.807) is 24.6 Å². The Bertz CT molecular complexity index is 754. The molecule has 0 saturated carbocycles. The highest BCUT2D eigenvalue weighted by Crippen LogP contribution is 2.31. The van der Waals surface area contributed by atoms with Gasteiger partial charge in [0.25, 0.3) is 0 Å². The highest BCUT2D eigenvalue weighted by molar-refractivity contribution is 7.08. The number of fused-ring (bicyclic) bond motifs is 1. The Morgan fingerprint density at radius 1 is 1.26 bits per heavy atom. The van der Waals surface area contributed by atoms with Gasteiger partial charge in [-0.3, -0.25) is 4.79 Å². The number of nitrogens with one attached hydrogen (secondary N) is 1. The lowest BCUT2D eigenvalue weighted by atomic mass is 10.0. The minimum Gasteiger partial charge on any atom is -0.496 e. The zero-order valence-corrected chi connectivity index (χ0v) is 11.5. The SMILES string of the molecule is COc1cccc2[nH]cc(C(=O)c3cscc3C)c12. The Kier molecular flexibility index (Phi) is 2.87. The van der Waals surface area contributed by atoms with Crippen LogP contribution in [-0.4, -0.2) is 17.9 Å². The van der Waals surface area contributed by atoms with Crippen LogP contribution in [0.5, 0.6) is 5.75 Å². The van der Waals surface area contributed by atoms with E-state index in [2.05, 4.69) is 4.98 Å². The van der Waals surface area contributed by atoms with Gasteiger partial charge in [-0.2, -0.15) is 11.3 Å². The number of aromatic amines is 1. The van der Waals surface area contributed by atoms with Gasteiger partial charge in [-0.1, -0.05) is 6.07 Å². The number of carbonyl (C=O) groups is 1. The molecule has 19 heavy (non-hydrogen) atoms. The van der Waals surface area contributed by atoms with Crippen LogP contribution in [0.25, 0.3) is 10.9 Å². The quantitative estimate of drug-likeness (QED) is 0.737. The molecule has 3 rings (SSSR count). The maximum atomic E-state index is 12.6. The van der Waals surface area contributed by atoms with E-state index in [1.165, 1.54) is 0 Å². The summed E-state index contributed by atoms with van der Waals surface area (Å²) in [6.07, 6.45) is 1.76. The van der Waals surface area contributed by atoms with E-state index >= 15 is 0 Å². The van der Waals surface area contributed by atoms with Gasteiger partial charge >= 0.3 is 0 Å². The van der Waals surface area contributed by atoms with Crippen molar-refractivity contribution in [3.63, 3.8) is 0 Å². The molecular weight excluding hydrogens is 258 g/mol. The predicted octanol–water partition coefficient (Wildman–Crippen LogP) is 3.78. The van der Waals surface area contributed by atoms with E-state index in [-0.39, 0.29) is 5.78 Å². The van der Waals surface area contributed by atoms with Crippen LogP contribution in [-0.2, 0) is 0 Å². The number of rotatable bonds is 3. The molecule has 0 saturated heterocycles. The van der Waals surface area contributed by atoms with Crippen LogP contribution in [0, 0.1) is 6.92 Å². The van der Waals surface area contributed by atoms with E-state index in [9.17, 15) is 4.79 Å². The molecule has 0 amide bonds. The highest BCUT2D eigenvalue weighted by atomic mass is 32.1. The molecule has 0 bridgehead atoms. The standard InChI is InChI=1S/C15H13NO2S/c1-9-7-19-8-11(9)15(17)10-6-16-12-4-3-5-13(18-2)14(10)12/h3-8,16H,1-2H3. The number of carbonyl (C=O) groups excluding carboxylic acids is 1. The molecule has 4 heteroatoms. The van der Waals surface area contributed by atoms with Crippen molar-refractivity contribution < 1.29 is 9.53 Å². The third kappa shape index (κ3) is 1.85. The second-order valence-electron chi connectivity index (χ2n) is 4.38. The first-order valence-electron chi connectivity index (χ1n) is 5.94. The van der Waals surface area contributed by atoms with Crippen molar-refractivity contribution in [1.82, 2.24) is 4.98 Å². The number of hydrogen-bond acceptors (Lipinski definition) is 3. The minimum absolute atomic E-state index is 0.0366. The fraction of sp³-hybridized carbons (Fsp3) is 0.133. The Morgan fingerprint density at radius 3 is 2.79 bits per heavy atom. The number of aromatic nitrogens is 1. The highest BCUT2D eigenvalue weighted by Gasteiger charge is 2.18. The number of aryl methyl sites for hydroxylation is 1. The molecule has 0 fully saturated rings. The molecule has 0 aliphatic heterocycles. The summed E-state index contributed by atoms with van der Waals surface area (Å²) in [6.45, 7) is 1.95. The third-order valence-electron chi connectivity index (χ3n) is 3.23. The van der Waals surface area contributed by atoms with Crippen LogP contribution in [0.3, 0.4) is 0 Å². The maximum Gasteiger partial charge on any atom is 0.196 e. The molecule has 3 aromatic rings. The average Bonchev–Trinajstić information content (AvgIpc) is 3.03. The second kappa shape index (κ2) is 4.55. The van der Waals surface area contributed by atoms with Gasteiger partial charge in [-0.25, -0.2) is 0 Å². The number of thiophene rings is 1. The molecule has 0 atom stereocenters. The molecule has 0 aliphatic rings. The summed E-state index contributed by atoms with van der Waals surface area (Å²) in [4.78, 5) is 15.7. The largest absolute Gasteiger partial charge is 0.496 e. The zero-order valence-electron chi connectivity index (χ0n) is 10.7. The normalized spacial score (nSPS) is 10.8. The fourth-order valence-electron chi connectivity index (χ4n) is 2.24. The summed E-state index contributed by atoms with van der Waals surface area (Å²) in [5.74, 6) is 0.754. The lowest BCUT2D eigenvalue weighted by Gasteiger charge is -2.04. The molecule has 1 N–H and O–H groups in total. The van der Waals surface area contributed by atoms with Crippen LogP contribution in [0.1, 0.15) is 21.5 Å². The molecule has 0 unspecified atom stereocenters. The second-order valence-corrected chi connectivity index (χ2v) is 5.13. The minimum atomic E-state index is 0.0366. The Hall–Kier alpha value is -2.07. The first kappa shape index (κ1) is 12.0. The number of methoxy groups -OCH3 is 1. The zero-order chi connectivity index (χ0) is 13.4. The van der Waals surface area contributed by atoms with Crippen LogP contribution >= 0.6 is 11.3 Å². The lowest BCUT2D eigenvalue weighted by molar-refractivity contribution is 0.104. The maximum absolute atomic E-state index is 12.6. The van der Waals surface area contributed by atoms with Gasteiger partial charge in [-0.05, 0) is 30.0 Å². The van der Waals surface area contributed by atoms with E-state index < -0.39 is 0 Å². The smallest absolute Gasteiger partial charge is 0.196 e. The molecule has 3 nitrogen and oxygen atoms in total. The van der Waals surface area contributed by atoms with Gasteiger partial charge in [0.15, 0.2) is 5.78 Å². The van der Waals surface area contributed by atoms with Crippen LogP contribution in [0.2, 0.25) is 0 Å². The van der Waals surface area contributed by atoms with E-state index in [0.29, 0.717) is 5.56 Å². The fourth-order valence-corrected chi connectivity index (χ4v) is 3.07. The number of ether oxygens (including phenoxy) is 1. The molecule has 0 radical (unpaired) electrons. The van der Waals surface area contributed by atoms with Gasteiger partial charge in [-0.15, -0.1) is 0 Å². The van der Waals surface area contributed by atoms with Crippen molar-refractivity contribution in [2.45, 2.75) is 6.92 Å². The Morgan fingerprint density at radius 2 is 2.11 bits per heavy atom. The van der Waals surface area contributed by atoms with Gasteiger partial charge in [0.1, 0.15) is 5.75 Å². The first-order chi connectivity index (χ1) is 9.22. The van der Waals surface area contributed by atoms with Crippen molar-refractivity contribution in [1.29, 1.82) is 0 Å². The molecule has 1 aromatic carbocycles. The van der Waals surface area contributed by atoms with E-state index in [4.69, 9.17) is 4.74 Å². The van der Waals surface area contributed by atoms with Gasteiger partial charge in [0.05, 0.1) is 18.1 Å². The predicted molar refractivity (Wildman–Crippen MR) is 77.3 cm³/mol. The molecular formula is C15H13NO2S. The van der Waals surface area contributed by atoms with Crippen molar-refractivity contribution in [2.75, 3.05) is 7.11 Å². The summed E-state index contributed by atoms with van der Waals surface area (Å²) in [5.41, 5.74) is 3.35. The third-order valence-corrected chi connectivity index (χ3v) is 4.09. The molecule has 0 aliphatic carbocycles. The van der Waals surface area contributed by atoms with Gasteiger partial charge < -0.3 is 9.72 Å². The number of hydrogen-bond donors (Lipinski definition) is 1. The van der Waals surface area contributed by atoms with Crippen molar-refractivity contribution >= 4 is 28.0 Å². The van der Waals surface area contributed by atoms with E-state index in [0.717, 1.165) is 27.8 Å². The molecule has 2 heterocycles. The van der Waals surface area contributed by atoms with Crippen molar-refractivity contribution in [2.24, 2.45) is 0 Å². The Labute approximate surface area is 114 Å².